The van der Waals surface area contributed by atoms with Crippen LogP contribution in [0.5, 0.6) is 0 Å². The molecule has 1 aromatic heterocycles. The quantitative estimate of drug-likeness (QED) is 0.624. The normalized spacial score (nSPS) is 10.1. The average molecular weight is 191 g/mol. The molecule has 3 nitrogen and oxygen atoms in total. The molecular weight excluding hydrogens is 184 g/mol. The summed E-state index contributed by atoms with van der Waals surface area (Å²) in [5, 5.41) is 4.05. The van der Waals surface area contributed by atoms with E-state index in [1.54, 1.807) is 13.2 Å². The smallest absolute Gasteiger partial charge is 0.266 e. The summed E-state index contributed by atoms with van der Waals surface area (Å²) in [7, 11) is 1.57. The van der Waals surface area contributed by atoms with Gasteiger partial charge in [0.25, 0.3) is 5.56 Å². The Kier molecular flexibility index (Phi) is 2.57. The van der Waals surface area contributed by atoms with Gasteiger partial charge in [-0.1, -0.05) is 11.6 Å². The van der Waals surface area contributed by atoms with Crippen molar-refractivity contribution in [1.29, 1.82) is 0 Å². The van der Waals surface area contributed by atoms with Crippen LogP contribution in [0.25, 0.3) is 0 Å². The molecule has 11 heavy (non-hydrogen) atoms. The molecule has 0 saturated carbocycles. The Morgan fingerprint density at radius 3 is 2.91 bits per heavy atom. The van der Waals surface area contributed by atoms with Gasteiger partial charge in [0.1, 0.15) is 5.02 Å². The van der Waals surface area contributed by atoms with Crippen LogP contribution in [0, 0.1) is 0 Å². The molecule has 0 aromatic carbocycles. The van der Waals surface area contributed by atoms with Gasteiger partial charge in [-0.15, -0.1) is 11.8 Å². The molecule has 0 radical (unpaired) electrons. The number of halogens is 1. The van der Waals surface area contributed by atoms with Gasteiger partial charge >= 0.3 is 0 Å². The van der Waals surface area contributed by atoms with E-state index < -0.39 is 0 Å². The lowest BCUT2D eigenvalue weighted by molar-refractivity contribution is 0.697. The minimum atomic E-state index is -0.251. The molecule has 0 bridgehead atoms. The summed E-state index contributed by atoms with van der Waals surface area (Å²) in [5.74, 6) is 0. The lowest BCUT2D eigenvalue weighted by Crippen LogP contribution is -2.19. The van der Waals surface area contributed by atoms with Gasteiger partial charge in [0.05, 0.1) is 11.1 Å². The Morgan fingerprint density at radius 1 is 1.73 bits per heavy atom. The number of aromatic nitrogens is 2. The fraction of sp³-hybridized carbons (Fsp3) is 0.333. The molecule has 0 atom stereocenters. The molecule has 1 aromatic rings. The molecule has 0 fully saturated rings. The fourth-order valence-corrected chi connectivity index (χ4v) is 1.46. The third-order valence-electron chi connectivity index (χ3n) is 1.27. The molecule has 60 valence electrons. The predicted octanol–water partition coefficient (Wildman–Crippen LogP) is 1.16. The predicted molar refractivity (Wildman–Crippen MR) is 46.3 cm³/mol. The second kappa shape index (κ2) is 3.28. The van der Waals surface area contributed by atoms with Gasteiger partial charge in [0.15, 0.2) is 0 Å². The average Bonchev–Trinajstić information content (AvgIpc) is 2.01. The molecule has 0 amide bonds. The van der Waals surface area contributed by atoms with E-state index in [4.69, 9.17) is 11.6 Å². The zero-order valence-electron chi connectivity index (χ0n) is 6.17. The second-order valence-corrected chi connectivity index (χ2v) is 3.18. The highest BCUT2D eigenvalue weighted by Crippen LogP contribution is 2.19. The lowest BCUT2D eigenvalue weighted by atomic mass is 10.6. The number of thioether (sulfide) groups is 1. The van der Waals surface area contributed by atoms with Crippen LogP contribution >= 0.6 is 23.4 Å². The summed E-state index contributed by atoms with van der Waals surface area (Å²) in [6.07, 6.45) is 3.43. The van der Waals surface area contributed by atoms with Crippen molar-refractivity contribution in [3.63, 3.8) is 0 Å². The summed E-state index contributed by atoms with van der Waals surface area (Å²) >= 11 is 7.11. The molecule has 1 rings (SSSR count). The number of aryl methyl sites for hydroxylation is 1. The van der Waals surface area contributed by atoms with E-state index in [1.807, 2.05) is 6.26 Å². The Hall–Kier alpha value is -0.480. The van der Waals surface area contributed by atoms with E-state index in [-0.39, 0.29) is 10.6 Å². The summed E-state index contributed by atoms with van der Waals surface area (Å²) in [6.45, 7) is 0. The number of hydrogen-bond acceptors (Lipinski definition) is 3. The van der Waals surface area contributed by atoms with Gasteiger partial charge in [-0.3, -0.25) is 4.79 Å². The Labute approximate surface area is 73.4 Å². The van der Waals surface area contributed by atoms with Gasteiger partial charge in [-0.2, -0.15) is 5.10 Å². The summed E-state index contributed by atoms with van der Waals surface area (Å²) in [6, 6.07) is 0. The molecule has 0 aliphatic rings. The summed E-state index contributed by atoms with van der Waals surface area (Å²) in [5.41, 5.74) is -0.251. The maximum absolute atomic E-state index is 11.1. The Morgan fingerprint density at radius 2 is 2.36 bits per heavy atom. The molecule has 1 heterocycles. The lowest BCUT2D eigenvalue weighted by Gasteiger charge is -1.99. The van der Waals surface area contributed by atoms with Crippen LogP contribution in [-0.2, 0) is 7.05 Å². The van der Waals surface area contributed by atoms with E-state index >= 15 is 0 Å². The van der Waals surface area contributed by atoms with Crippen molar-refractivity contribution in [2.24, 2.45) is 7.05 Å². The highest BCUT2D eigenvalue weighted by Gasteiger charge is 2.04. The van der Waals surface area contributed by atoms with Crippen LogP contribution in [0.2, 0.25) is 5.02 Å². The third-order valence-corrected chi connectivity index (χ3v) is 2.49. The minimum absolute atomic E-state index is 0.245. The van der Waals surface area contributed by atoms with E-state index in [0.717, 1.165) is 4.90 Å². The molecule has 0 unspecified atom stereocenters. The second-order valence-electron chi connectivity index (χ2n) is 1.96. The molecule has 0 aliphatic heterocycles. The Bertz CT molecular complexity index is 323. The largest absolute Gasteiger partial charge is 0.286 e. The van der Waals surface area contributed by atoms with Crippen molar-refractivity contribution < 1.29 is 0 Å². The molecule has 0 saturated heterocycles. The summed E-state index contributed by atoms with van der Waals surface area (Å²) in [4.78, 5) is 11.8. The van der Waals surface area contributed by atoms with E-state index in [9.17, 15) is 4.79 Å². The molecule has 0 aliphatic carbocycles. The molecule has 0 N–H and O–H groups in total. The SMILES string of the molecule is CSc1cnn(C)c(=O)c1Cl. The zero-order chi connectivity index (χ0) is 8.43. The Balaban J connectivity index is 3.37. The van der Waals surface area contributed by atoms with Gasteiger partial charge in [0.2, 0.25) is 0 Å². The van der Waals surface area contributed by atoms with Crippen LogP contribution < -0.4 is 5.56 Å². The third kappa shape index (κ3) is 1.57. The van der Waals surface area contributed by atoms with Crippen molar-refractivity contribution in [3.8, 4) is 0 Å². The van der Waals surface area contributed by atoms with Crippen LogP contribution in [0.1, 0.15) is 0 Å². The maximum atomic E-state index is 11.1. The number of nitrogens with zero attached hydrogens (tertiary/aromatic N) is 2. The minimum Gasteiger partial charge on any atom is -0.266 e. The first-order valence-corrected chi connectivity index (χ1v) is 4.53. The highest BCUT2D eigenvalue weighted by atomic mass is 35.5. The van der Waals surface area contributed by atoms with Gasteiger partial charge in [-0.25, -0.2) is 4.68 Å². The van der Waals surface area contributed by atoms with Gasteiger partial charge in [-0.05, 0) is 6.26 Å². The van der Waals surface area contributed by atoms with E-state index in [1.165, 1.54) is 16.4 Å². The highest BCUT2D eigenvalue weighted by molar-refractivity contribution is 7.98. The van der Waals surface area contributed by atoms with E-state index in [2.05, 4.69) is 5.10 Å². The van der Waals surface area contributed by atoms with Gasteiger partial charge in [0, 0.05) is 7.05 Å². The molecular formula is C6H7ClN2OS. The number of hydrogen-bond donors (Lipinski definition) is 0. The molecule has 0 spiro atoms. The van der Waals surface area contributed by atoms with Crippen LogP contribution in [0.15, 0.2) is 15.9 Å². The first-order valence-electron chi connectivity index (χ1n) is 2.92. The van der Waals surface area contributed by atoms with Crippen molar-refractivity contribution in [2.45, 2.75) is 4.90 Å². The maximum Gasteiger partial charge on any atom is 0.286 e. The number of rotatable bonds is 1. The first kappa shape index (κ1) is 8.62. The van der Waals surface area contributed by atoms with Crippen molar-refractivity contribution in [1.82, 2.24) is 9.78 Å². The summed E-state index contributed by atoms with van der Waals surface area (Å²) < 4.78 is 1.21. The van der Waals surface area contributed by atoms with Crippen LogP contribution in [0.3, 0.4) is 0 Å². The first-order chi connectivity index (χ1) is 5.16. The van der Waals surface area contributed by atoms with Crippen LogP contribution in [-0.4, -0.2) is 16.0 Å². The fourth-order valence-electron chi connectivity index (χ4n) is 0.638. The zero-order valence-corrected chi connectivity index (χ0v) is 7.74. The topological polar surface area (TPSA) is 34.9 Å². The van der Waals surface area contributed by atoms with E-state index in [0.29, 0.717) is 0 Å². The van der Waals surface area contributed by atoms with Crippen molar-refractivity contribution >= 4 is 23.4 Å². The van der Waals surface area contributed by atoms with Crippen molar-refractivity contribution in [2.75, 3.05) is 6.26 Å². The molecule has 5 heteroatoms. The standard InChI is InChI=1S/C6H7ClN2OS/c1-9-6(10)5(7)4(11-2)3-8-9/h3H,1-2H3. The van der Waals surface area contributed by atoms with Gasteiger partial charge < -0.3 is 0 Å². The van der Waals surface area contributed by atoms with Crippen LogP contribution in [0.4, 0.5) is 0 Å². The monoisotopic (exact) mass is 190 g/mol. The van der Waals surface area contributed by atoms with Crippen molar-refractivity contribution in [3.05, 3.63) is 21.6 Å².